The largest absolute Gasteiger partial charge is 0.454 e. The maximum Gasteiger partial charge on any atom is 0.338 e. The first kappa shape index (κ1) is 26.2. The molecule has 0 spiro atoms. The number of nitrogens with zero attached hydrogens (tertiary/aromatic N) is 3. The van der Waals surface area contributed by atoms with Crippen molar-refractivity contribution in [2.24, 2.45) is 5.11 Å². The number of aryl methyl sites for hydroxylation is 1. The molecule has 0 aromatic heterocycles. The van der Waals surface area contributed by atoms with Crippen LogP contribution in [0.3, 0.4) is 0 Å². The number of hydrogen-bond acceptors (Lipinski definition) is 7. The van der Waals surface area contributed by atoms with Gasteiger partial charge in [0.1, 0.15) is 12.1 Å². The van der Waals surface area contributed by atoms with E-state index in [9.17, 15) is 9.59 Å². The Balaban J connectivity index is 1.65. The summed E-state index contributed by atoms with van der Waals surface area (Å²) in [5, 5.41) is 3.49. The van der Waals surface area contributed by atoms with Crippen molar-refractivity contribution < 1.29 is 28.2 Å². The van der Waals surface area contributed by atoms with Crippen LogP contribution < -0.4 is 0 Å². The van der Waals surface area contributed by atoms with E-state index in [2.05, 4.69) is 10.0 Å². The molecule has 0 unspecified atom stereocenters. The molecule has 0 radical (unpaired) electrons. The minimum atomic E-state index is -2.08. The molecule has 1 saturated heterocycles. The van der Waals surface area contributed by atoms with E-state index in [1.54, 1.807) is 48.5 Å². The van der Waals surface area contributed by atoms with Gasteiger partial charge in [0.25, 0.3) is 0 Å². The van der Waals surface area contributed by atoms with Crippen molar-refractivity contribution in [3.05, 3.63) is 112 Å². The highest BCUT2D eigenvalue weighted by atomic mass is 32.2. The average Bonchev–Trinajstić information content (AvgIpc) is 2.92. The summed E-state index contributed by atoms with van der Waals surface area (Å²) < 4.78 is 32.1. The van der Waals surface area contributed by atoms with Crippen LogP contribution in [-0.2, 0) is 14.2 Å². The summed E-state index contributed by atoms with van der Waals surface area (Å²) in [5.74, 6) is -1.31. The molecule has 3 aromatic rings. The zero-order valence-corrected chi connectivity index (χ0v) is 20.7. The lowest BCUT2D eigenvalue weighted by Crippen LogP contribution is -2.59. The lowest BCUT2D eigenvalue weighted by Gasteiger charge is -2.41. The number of carbonyl (C=O) groups is 2. The van der Waals surface area contributed by atoms with Crippen molar-refractivity contribution in [1.29, 1.82) is 0 Å². The van der Waals surface area contributed by atoms with E-state index < -0.39 is 42.7 Å². The fourth-order valence-electron chi connectivity index (χ4n) is 3.82. The molecule has 0 N–H and O–H groups in total. The van der Waals surface area contributed by atoms with Gasteiger partial charge in [0.2, 0.25) is 6.36 Å². The van der Waals surface area contributed by atoms with Gasteiger partial charge in [0, 0.05) is 15.6 Å². The van der Waals surface area contributed by atoms with Gasteiger partial charge in [-0.15, -0.1) is 11.8 Å². The van der Waals surface area contributed by atoms with Gasteiger partial charge in [0.05, 0.1) is 11.1 Å². The van der Waals surface area contributed by atoms with Gasteiger partial charge in [-0.2, -0.15) is 0 Å². The first-order valence-corrected chi connectivity index (χ1v) is 12.5. The van der Waals surface area contributed by atoms with Gasteiger partial charge in [-0.25, -0.2) is 14.0 Å². The number of carbonyl (C=O) groups excluding carboxylic acids is 2. The summed E-state index contributed by atoms with van der Waals surface area (Å²) >= 11 is 1.37. The van der Waals surface area contributed by atoms with Crippen LogP contribution >= 0.6 is 11.8 Å². The average molecular weight is 522 g/mol. The lowest BCUT2D eigenvalue weighted by molar-refractivity contribution is -0.208. The van der Waals surface area contributed by atoms with Crippen LogP contribution in [0.15, 0.2) is 94.9 Å². The second-order valence-corrected chi connectivity index (χ2v) is 9.41. The van der Waals surface area contributed by atoms with Gasteiger partial charge in [-0.05, 0) is 48.9 Å². The predicted molar refractivity (Wildman–Crippen MR) is 136 cm³/mol. The Morgan fingerprint density at radius 1 is 0.919 bits per heavy atom. The SMILES string of the molecule is Cc1ccc(SC[C@H]2O[C@@H](F)[C@H](N=[N+]=[N-])[C@@H](OC(=O)c3ccccc3)[C@@H]2OC(=O)c2ccccc2)cc1. The van der Waals surface area contributed by atoms with Crippen molar-refractivity contribution in [1.82, 2.24) is 0 Å². The number of rotatable bonds is 8. The molecule has 190 valence electrons. The predicted octanol–water partition coefficient (Wildman–Crippen LogP) is 5.91. The molecule has 1 aliphatic heterocycles. The van der Waals surface area contributed by atoms with E-state index in [4.69, 9.17) is 19.7 Å². The fraction of sp³-hybridized carbons (Fsp3) is 0.259. The van der Waals surface area contributed by atoms with Crippen molar-refractivity contribution >= 4 is 23.7 Å². The highest BCUT2D eigenvalue weighted by Crippen LogP contribution is 2.33. The molecule has 1 heterocycles. The smallest absolute Gasteiger partial charge is 0.338 e. The third kappa shape index (κ3) is 6.68. The van der Waals surface area contributed by atoms with Gasteiger partial charge >= 0.3 is 11.9 Å². The van der Waals surface area contributed by atoms with Crippen LogP contribution in [0.2, 0.25) is 0 Å². The monoisotopic (exact) mass is 521 g/mol. The summed E-state index contributed by atoms with van der Waals surface area (Å²) in [7, 11) is 0. The summed E-state index contributed by atoms with van der Waals surface area (Å²) in [6.07, 6.45) is -5.77. The van der Waals surface area contributed by atoms with Crippen LogP contribution in [0.1, 0.15) is 26.3 Å². The van der Waals surface area contributed by atoms with E-state index in [0.29, 0.717) is 0 Å². The third-order valence-corrected chi connectivity index (χ3v) is 6.83. The minimum absolute atomic E-state index is 0.179. The number of thioether (sulfide) groups is 1. The molecule has 10 heteroatoms. The van der Waals surface area contributed by atoms with E-state index in [1.165, 1.54) is 23.9 Å². The summed E-state index contributed by atoms with van der Waals surface area (Å²) in [6, 6.07) is 22.5. The molecular weight excluding hydrogens is 497 g/mol. The summed E-state index contributed by atoms with van der Waals surface area (Å²) in [5.41, 5.74) is 10.6. The first-order valence-electron chi connectivity index (χ1n) is 11.5. The maximum absolute atomic E-state index is 15.2. The van der Waals surface area contributed by atoms with E-state index in [0.717, 1.165) is 10.5 Å². The first-order chi connectivity index (χ1) is 18.0. The molecule has 0 amide bonds. The van der Waals surface area contributed by atoms with Crippen molar-refractivity contribution in [2.75, 3.05) is 5.75 Å². The molecule has 1 fully saturated rings. The van der Waals surface area contributed by atoms with Crippen molar-refractivity contribution in [3.8, 4) is 0 Å². The number of halogens is 1. The highest BCUT2D eigenvalue weighted by Gasteiger charge is 2.50. The molecule has 1 aliphatic rings. The summed E-state index contributed by atoms with van der Waals surface area (Å²) in [4.78, 5) is 29.5. The molecule has 4 rings (SSSR count). The number of benzene rings is 3. The number of esters is 2. The molecule has 0 aliphatic carbocycles. The molecule has 0 saturated carbocycles. The van der Waals surface area contributed by atoms with Gasteiger partial charge < -0.3 is 14.2 Å². The van der Waals surface area contributed by atoms with Crippen LogP contribution in [0.25, 0.3) is 10.4 Å². The fourth-order valence-corrected chi connectivity index (χ4v) is 4.77. The standard InChI is InChI=1S/C27H24FN3O5S/c1-17-12-14-20(15-13-17)37-16-21-23(35-26(32)18-8-4-2-5-9-18)24(22(30-31-29)25(28)34-21)36-27(33)19-10-6-3-7-11-19/h2-15,21-25H,16H2,1H3/t21-,22-,23-,24-,25-/m1/s1. The molecule has 0 bridgehead atoms. The van der Waals surface area contributed by atoms with Crippen LogP contribution in [0.5, 0.6) is 0 Å². The van der Waals surface area contributed by atoms with E-state index >= 15 is 4.39 Å². The number of azide groups is 1. The van der Waals surface area contributed by atoms with Crippen molar-refractivity contribution in [3.63, 3.8) is 0 Å². The maximum atomic E-state index is 15.2. The van der Waals surface area contributed by atoms with Gasteiger partial charge in [0.15, 0.2) is 12.2 Å². The molecule has 8 nitrogen and oxygen atoms in total. The quantitative estimate of drug-likeness (QED) is 0.120. The molecular formula is C27H24FN3O5S. The Labute approximate surface area is 217 Å². The van der Waals surface area contributed by atoms with Gasteiger partial charge in [-0.3, -0.25) is 0 Å². The van der Waals surface area contributed by atoms with Crippen LogP contribution in [0.4, 0.5) is 4.39 Å². The zero-order valence-electron chi connectivity index (χ0n) is 19.8. The van der Waals surface area contributed by atoms with Gasteiger partial charge in [-0.1, -0.05) is 59.2 Å². The highest BCUT2D eigenvalue weighted by molar-refractivity contribution is 7.99. The Hall–Kier alpha value is -3.85. The lowest BCUT2D eigenvalue weighted by atomic mass is 9.97. The zero-order chi connectivity index (χ0) is 26.2. The Kier molecular flexibility index (Phi) is 8.79. The van der Waals surface area contributed by atoms with E-state index in [1.807, 2.05) is 31.2 Å². The van der Waals surface area contributed by atoms with Crippen LogP contribution in [0, 0.1) is 6.92 Å². The minimum Gasteiger partial charge on any atom is -0.454 e. The number of hydrogen-bond donors (Lipinski definition) is 0. The number of alkyl halides is 1. The van der Waals surface area contributed by atoms with E-state index in [-0.39, 0.29) is 16.9 Å². The summed E-state index contributed by atoms with van der Waals surface area (Å²) in [6.45, 7) is 1.97. The Morgan fingerprint density at radius 3 is 2.00 bits per heavy atom. The Bertz CT molecular complexity index is 1260. The third-order valence-electron chi connectivity index (χ3n) is 5.73. The van der Waals surface area contributed by atoms with Crippen molar-refractivity contribution in [2.45, 2.75) is 42.5 Å². The molecule has 3 aromatic carbocycles. The van der Waals surface area contributed by atoms with Crippen LogP contribution in [-0.4, -0.2) is 48.4 Å². The second-order valence-electron chi connectivity index (χ2n) is 8.32. The molecule has 5 atom stereocenters. The Morgan fingerprint density at radius 2 is 1.46 bits per heavy atom. The molecule has 37 heavy (non-hydrogen) atoms. The second kappa shape index (κ2) is 12.4. The topological polar surface area (TPSA) is 111 Å². The number of ether oxygens (including phenoxy) is 3. The normalized spacial score (nSPS) is 22.9.